The minimum absolute atomic E-state index is 0.0609. The van der Waals surface area contributed by atoms with Crippen molar-refractivity contribution in [3.8, 4) is 11.4 Å². The van der Waals surface area contributed by atoms with Crippen LogP contribution in [0.15, 0.2) is 57.9 Å². The number of aromatic nitrogens is 2. The summed E-state index contributed by atoms with van der Waals surface area (Å²) in [5, 5.41) is 15.2. The molecular weight excluding hydrogens is 420 g/mol. The van der Waals surface area contributed by atoms with E-state index in [1.165, 1.54) is 16.4 Å². The fourth-order valence-corrected chi connectivity index (χ4v) is 4.30. The second kappa shape index (κ2) is 8.27. The van der Waals surface area contributed by atoms with Crippen molar-refractivity contribution in [2.75, 3.05) is 0 Å². The molecule has 0 atom stereocenters. The van der Waals surface area contributed by atoms with Gasteiger partial charge in [0, 0.05) is 28.8 Å². The Balaban J connectivity index is 1.86. The molecule has 0 N–H and O–H groups in total. The highest BCUT2D eigenvalue weighted by Crippen LogP contribution is 2.24. The van der Waals surface area contributed by atoms with Crippen molar-refractivity contribution in [1.82, 2.24) is 14.4 Å². The monoisotopic (exact) mass is 436 g/mol. The van der Waals surface area contributed by atoms with E-state index < -0.39 is 21.0 Å². The summed E-state index contributed by atoms with van der Waals surface area (Å²) >= 11 is 5.87. The van der Waals surface area contributed by atoms with Crippen molar-refractivity contribution in [1.29, 1.82) is 0 Å². The zero-order chi connectivity index (χ0) is 21.2. The average molecular weight is 437 g/mol. The number of nitrogens with zero attached hydrogens (tertiary/aromatic N) is 4. The Morgan fingerprint density at radius 3 is 2.31 bits per heavy atom. The van der Waals surface area contributed by atoms with Crippen LogP contribution in [-0.4, -0.2) is 33.8 Å². The predicted molar refractivity (Wildman–Crippen MR) is 106 cm³/mol. The summed E-state index contributed by atoms with van der Waals surface area (Å²) in [5.74, 6) is 0.433. The Bertz CT molecular complexity index is 1110. The van der Waals surface area contributed by atoms with Crippen LogP contribution in [0.3, 0.4) is 0 Å². The van der Waals surface area contributed by atoms with Gasteiger partial charge in [-0.1, -0.05) is 16.8 Å². The van der Waals surface area contributed by atoms with Gasteiger partial charge in [-0.25, -0.2) is 8.42 Å². The average Bonchev–Trinajstić information content (AvgIpc) is 3.15. The first-order chi connectivity index (χ1) is 13.7. The minimum atomic E-state index is -3.94. The molecule has 0 bridgehead atoms. The van der Waals surface area contributed by atoms with E-state index in [0.29, 0.717) is 16.4 Å². The molecule has 0 amide bonds. The lowest BCUT2D eigenvalue weighted by Crippen LogP contribution is -2.36. The van der Waals surface area contributed by atoms with Crippen LogP contribution in [-0.2, 0) is 16.6 Å². The maximum atomic E-state index is 13.0. The Kier molecular flexibility index (Phi) is 5.96. The number of rotatable bonds is 7. The molecule has 0 aliphatic heterocycles. The van der Waals surface area contributed by atoms with Crippen LogP contribution >= 0.6 is 11.6 Å². The van der Waals surface area contributed by atoms with Crippen LogP contribution in [0, 0.1) is 10.1 Å². The lowest BCUT2D eigenvalue weighted by Gasteiger charge is -2.24. The summed E-state index contributed by atoms with van der Waals surface area (Å²) in [6.07, 6.45) is 0. The Hall–Kier alpha value is -2.82. The van der Waals surface area contributed by atoms with E-state index in [0.717, 1.165) is 12.1 Å². The van der Waals surface area contributed by atoms with E-state index in [1.807, 2.05) is 0 Å². The first kappa shape index (κ1) is 20.9. The normalized spacial score (nSPS) is 11.9. The SMILES string of the molecule is CC(C)N(Cc1nc(-c2ccc(Cl)cc2)no1)S(=O)(=O)c1ccc([N+](=O)[O-])cc1. The molecule has 0 fully saturated rings. The van der Waals surface area contributed by atoms with Gasteiger partial charge in [0.1, 0.15) is 0 Å². The number of non-ortho nitro benzene ring substituents is 1. The summed E-state index contributed by atoms with van der Waals surface area (Å²) in [6.45, 7) is 3.27. The maximum absolute atomic E-state index is 13.0. The molecule has 2 aromatic carbocycles. The van der Waals surface area contributed by atoms with Crippen molar-refractivity contribution in [3.63, 3.8) is 0 Å². The third kappa shape index (κ3) is 4.61. The minimum Gasteiger partial charge on any atom is -0.338 e. The highest BCUT2D eigenvalue weighted by Gasteiger charge is 2.29. The third-order valence-electron chi connectivity index (χ3n) is 4.09. The number of hydrogen-bond acceptors (Lipinski definition) is 7. The number of benzene rings is 2. The van der Waals surface area contributed by atoms with Crippen LogP contribution in [0.4, 0.5) is 5.69 Å². The number of nitro groups is 1. The van der Waals surface area contributed by atoms with E-state index in [1.54, 1.807) is 38.1 Å². The summed E-state index contributed by atoms with van der Waals surface area (Å²) in [5.41, 5.74) is 0.489. The van der Waals surface area contributed by atoms with Gasteiger partial charge in [-0.3, -0.25) is 10.1 Å². The van der Waals surface area contributed by atoms with Crippen LogP contribution in [0.25, 0.3) is 11.4 Å². The Morgan fingerprint density at radius 1 is 1.14 bits per heavy atom. The van der Waals surface area contributed by atoms with E-state index in [4.69, 9.17) is 16.1 Å². The van der Waals surface area contributed by atoms with Gasteiger partial charge in [-0.05, 0) is 50.2 Å². The fraction of sp³-hybridized carbons (Fsp3) is 0.222. The molecule has 1 aromatic heterocycles. The highest BCUT2D eigenvalue weighted by atomic mass is 35.5. The molecule has 3 rings (SSSR count). The molecule has 0 radical (unpaired) electrons. The predicted octanol–water partition coefficient (Wildman–Crippen LogP) is 3.90. The molecule has 152 valence electrons. The van der Waals surface area contributed by atoms with Crippen molar-refractivity contribution < 1.29 is 17.9 Å². The molecule has 0 saturated carbocycles. The number of sulfonamides is 1. The Morgan fingerprint density at radius 2 is 1.76 bits per heavy atom. The van der Waals surface area contributed by atoms with Crippen LogP contribution in [0.2, 0.25) is 5.02 Å². The standard InChI is InChI=1S/C18H17ClN4O5S/c1-12(2)22(29(26,27)16-9-7-15(8-10-16)23(24)25)11-17-20-18(21-28-17)13-3-5-14(19)6-4-13/h3-10,12H,11H2,1-2H3. The largest absolute Gasteiger partial charge is 0.338 e. The fourth-order valence-electron chi connectivity index (χ4n) is 2.59. The van der Waals surface area contributed by atoms with Gasteiger partial charge in [0.25, 0.3) is 5.69 Å². The molecule has 0 spiro atoms. The lowest BCUT2D eigenvalue weighted by atomic mass is 10.2. The molecule has 9 nitrogen and oxygen atoms in total. The summed E-state index contributed by atoms with van der Waals surface area (Å²) in [4.78, 5) is 14.4. The number of halogens is 1. The second-order valence-corrected chi connectivity index (χ2v) is 8.74. The van der Waals surface area contributed by atoms with Gasteiger partial charge in [0.2, 0.25) is 21.7 Å². The van der Waals surface area contributed by atoms with Crippen molar-refractivity contribution in [3.05, 3.63) is 69.6 Å². The van der Waals surface area contributed by atoms with Crippen LogP contribution in [0.1, 0.15) is 19.7 Å². The first-order valence-corrected chi connectivity index (χ1v) is 10.3. The van der Waals surface area contributed by atoms with E-state index in [-0.39, 0.29) is 23.0 Å². The zero-order valence-corrected chi connectivity index (χ0v) is 17.1. The zero-order valence-electron chi connectivity index (χ0n) is 15.5. The quantitative estimate of drug-likeness (QED) is 0.407. The van der Waals surface area contributed by atoms with Crippen molar-refractivity contribution in [2.45, 2.75) is 31.3 Å². The molecule has 0 aliphatic rings. The number of nitro benzene ring substituents is 1. The van der Waals surface area contributed by atoms with Gasteiger partial charge < -0.3 is 4.52 Å². The van der Waals surface area contributed by atoms with Gasteiger partial charge >= 0.3 is 0 Å². The van der Waals surface area contributed by atoms with Crippen LogP contribution < -0.4 is 0 Å². The van der Waals surface area contributed by atoms with Gasteiger partial charge in [-0.2, -0.15) is 9.29 Å². The van der Waals surface area contributed by atoms with E-state index in [9.17, 15) is 18.5 Å². The lowest BCUT2D eigenvalue weighted by molar-refractivity contribution is -0.384. The molecule has 0 saturated heterocycles. The second-order valence-electron chi connectivity index (χ2n) is 6.41. The van der Waals surface area contributed by atoms with Gasteiger partial charge in [0.15, 0.2) is 0 Å². The molecule has 0 aliphatic carbocycles. The topological polar surface area (TPSA) is 119 Å². The maximum Gasteiger partial charge on any atom is 0.269 e. The third-order valence-corrected chi connectivity index (χ3v) is 6.38. The van der Waals surface area contributed by atoms with Gasteiger partial charge in [-0.15, -0.1) is 0 Å². The molecule has 0 unspecified atom stereocenters. The molecule has 11 heteroatoms. The summed E-state index contributed by atoms with van der Waals surface area (Å²) in [6, 6.07) is 11.1. The number of hydrogen-bond donors (Lipinski definition) is 0. The first-order valence-electron chi connectivity index (χ1n) is 8.53. The molecule has 3 aromatic rings. The Labute approximate surface area is 172 Å². The van der Waals surface area contributed by atoms with Crippen molar-refractivity contribution in [2.24, 2.45) is 0 Å². The van der Waals surface area contributed by atoms with Crippen LogP contribution in [0.5, 0.6) is 0 Å². The van der Waals surface area contributed by atoms with Crippen molar-refractivity contribution >= 4 is 27.3 Å². The summed E-state index contributed by atoms with van der Waals surface area (Å²) in [7, 11) is -3.94. The molecular formula is C18H17ClN4O5S. The smallest absolute Gasteiger partial charge is 0.269 e. The van der Waals surface area contributed by atoms with E-state index in [2.05, 4.69) is 10.1 Å². The molecule has 1 heterocycles. The highest BCUT2D eigenvalue weighted by molar-refractivity contribution is 7.89. The molecule has 29 heavy (non-hydrogen) atoms. The van der Waals surface area contributed by atoms with E-state index >= 15 is 0 Å². The summed E-state index contributed by atoms with van der Waals surface area (Å²) < 4.78 is 32.5. The van der Waals surface area contributed by atoms with Gasteiger partial charge in [0.05, 0.1) is 16.4 Å².